The molecule has 354 valence electrons. The van der Waals surface area contributed by atoms with Gasteiger partial charge in [0.05, 0.1) is 23.3 Å². The second kappa shape index (κ2) is 26.7. The number of fused-ring (bicyclic) bond motifs is 1. The predicted molar refractivity (Wildman–Crippen MR) is 256 cm³/mol. The summed E-state index contributed by atoms with van der Waals surface area (Å²) >= 11 is 0. The van der Waals surface area contributed by atoms with Crippen molar-refractivity contribution in [1.29, 1.82) is 0 Å². The number of imide groups is 1. The Morgan fingerprint density at radius 3 is 2.30 bits per heavy atom. The van der Waals surface area contributed by atoms with Crippen LogP contribution >= 0.6 is 0 Å². The fourth-order valence-corrected chi connectivity index (χ4v) is 7.11. The molecule has 19 heteroatoms. The molecule has 6 rings (SSSR count). The van der Waals surface area contributed by atoms with E-state index < -0.39 is 12.2 Å². The van der Waals surface area contributed by atoms with Gasteiger partial charge in [0.2, 0.25) is 25.1 Å². The van der Waals surface area contributed by atoms with Crippen LogP contribution in [-0.2, 0) is 25.6 Å². The molecular weight excluding hydrogens is 848 g/mol. The van der Waals surface area contributed by atoms with Gasteiger partial charge in [-0.05, 0) is 93.6 Å². The molecule has 0 aliphatic heterocycles. The highest BCUT2D eigenvalue weighted by atomic mass is 19.1. The highest BCUT2D eigenvalue weighted by molar-refractivity contribution is 5.94. The number of aryl methyl sites for hydroxylation is 2. The predicted octanol–water partition coefficient (Wildman–Crippen LogP) is 5.28. The van der Waals surface area contributed by atoms with Gasteiger partial charge in [0, 0.05) is 52.2 Å². The molecule has 5 N–H and O–H groups in total. The Morgan fingerprint density at radius 2 is 1.68 bits per heavy atom. The molecular formula is C47H63FN12O6. The van der Waals surface area contributed by atoms with Gasteiger partial charge in [-0.25, -0.2) is 18.9 Å². The zero-order chi connectivity index (χ0) is 48.0. The average molecular weight is 911 g/mol. The highest BCUT2D eigenvalue weighted by Gasteiger charge is 2.35. The summed E-state index contributed by atoms with van der Waals surface area (Å²) < 4.78 is 14.6. The third-order valence-corrected chi connectivity index (χ3v) is 10.9. The monoisotopic (exact) mass is 910 g/mol. The normalized spacial score (nSPS) is 14.0. The molecule has 3 atom stereocenters. The van der Waals surface area contributed by atoms with E-state index >= 15 is 0 Å². The smallest absolute Gasteiger partial charge is 0.279 e. The van der Waals surface area contributed by atoms with Gasteiger partial charge in [0.15, 0.2) is 17.8 Å². The number of anilines is 5. The summed E-state index contributed by atoms with van der Waals surface area (Å²) in [6.07, 6.45) is 16.4. The van der Waals surface area contributed by atoms with Gasteiger partial charge < -0.3 is 31.1 Å². The van der Waals surface area contributed by atoms with Crippen LogP contribution in [0.1, 0.15) is 86.3 Å². The molecule has 0 spiro atoms. The minimum absolute atomic E-state index is 0.185. The van der Waals surface area contributed by atoms with E-state index in [-0.39, 0.29) is 17.5 Å². The van der Waals surface area contributed by atoms with Gasteiger partial charge in [-0.15, -0.1) is 5.10 Å². The summed E-state index contributed by atoms with van der Waals surface area (Å²) in [6, 6.07) is 14.5. The molecule has 4 aromatic heterocycles. The minimum Gasteiger partial charge on any atom is -0.385 e. The summed E-state index contributed by atoms with van der Waals surface area (Å²) in [7, 11) is 7.03. The first-order chi connectivity index (χ1) is 31.9. The van der Waals surface area contributed by atoms with Gasteiger partial charge in [-0.3, -0.25) is 38.7 Å². The van der Waals surface area contributed by atoms with Gasteiger partial charge in [-0.2, -0.15) is 0 Å². The molecule has 1 unspecified atom stereocenters. The third kappa shape index (κ3) is 14.8. The number of hydrogen-bond acceptors (Lipinski definition) is 13. The molecule has 66 heavy (non-hydrogen) atoms. The fraction of sp³-hybridized carbons (Fsp3) is 0.426. The van der Waals surface area contributed by atoms with Crippen LogP contribution < -0.4 is 41.9 Å². The Bertz CT molecular complexity index is 2420. The molecule has 4 heterocycles. The molecule has 1 saturated carbocycles. The van der Waals surface area contributed by atoms with E-state index in [0.717, 1.165) is 99.7 Å². The number of unbranched alkanes of at least 4 members (excludes halogenated alkanes) is 5. The molecule has 0 radical (unpaired) electrons. The fourth-order valence-electron chi connectivity index (χ4n) is 7.11. The lowest BCUT2D eigenvalue weighted by molar-refractivity contribution is -0.126. The topological polar surface area (TPSA) is 217 Å². The number of likely N-dealkylation sites (N-methyl/N-ethyl adjacent to an activating group) is 1. The SMILES string of the molecule is CCCC(C(=O)NC=O)N(C)c1ccc(CCCCCCCCNC=O)cc1N(C)C=O.CN[C@@H]1C[C@@H]1F.CNc1cc(Nc2cccn(-c3cc(C)ccn3)c2=O)nn2c(C=O)cnc12. The highest BCUT2D eigenvalue weighted by Crippen LogP contribution is 2.32. The molecule has 18 nitrogen and oxygen atoms in total. The van der Waals surface area contributed by atoms with Crippen LogP contribution in [0.4, 0.5) is 33.0 Å². The standard InChI is InChI=1S/C24H38N4O4.C19H17N7O2.C4H8FN/c1-4-11-22(24(32)26-18-30)28(3)21-14-13-20(16-23(21)27(2)19-31)12-9-7-5-6-8-10-15-25-17-29;1-12-5-6-21-17(8-12)25-7-3-4-14(19(25)28)23-16-9-15(20-2)18-22-10-13(11-27)26(18)24-16;1-6-4-2-3(4)5/h13-14,16-19,22H,4-12,15H2,1-3H3,(H,25,29)(H,26,30,32);3-11,20H,1-2H3,(H,23,24);3-4,6H,2H2,1H3/t;;3-,4+/m..0/s1. The molecule has 1 aliphatic rings. The number of hydrogen-bond donors (Lipinski definition) is 5. The second-order valence-electron chi connectivity index (χ2n) is 15.8. The number of aromatic nitrogens is 5. The number of benzene rings is 1. The van der Waals surface area contributed by atoms with Gasteiger partial charge in [-0.1, -0.05) is 45.1 Å². The number of pyridine rings is 2. The van der Waals surface area contributed by atoms with Crippen molar-refractivity contribution in [2.75, 3.05) is 55.2 Å². The van der Waals surface area contributed by atoms with Crippen LogP contribution in [-0.4, -0.2) is 109 Å². The number of carbonyl (C=O) groups excluding carboxylic acids is 5. The summed E-state index contributed by atoms with van der Waals surface area (Å²) in [4.78, 5) is 80.8. The lowest BCUT2D eigenvalue weighted by Crippen LogP contribution is -2.45. The maximum Gasteiger partial charge on any atom is 0.279 e. The lowest BCUT2D eigenvalue weighted by atomic mass is 10.0. The van der Waals surface area contributed by atoms with Crippen molar-refractivity contribution in [3.63, 3.8) is 0 Å². The maximum absolute atomic E-state index is 12.9. The Morgan fingerprint density at radius 1 is 0.939 bits per heavy atom. The van der Waals surface area contributed by atoms with Crippen molar-refractivity contribution < 1.29 is 28.4 Å². The van der Waals surface area contributed by atoms with E-state index in [2.05, 4.69) is 41.7 Å². The van der Waals surface area contributed by atoms with E-state index in [1.807, 2.05) is 56.1 Å². The molecule has 0 bridgehead atoms. The zero-order valence-electron chi connectivity index (χ0n) is 38.6. The van der Waals surface area contributed by atoms with Crippen molar-refractivity contribution in [2.45, 2.75) is 96.3 Å². The van der Waals surface area contributed by atoms with E-state index in [0.29, 0.717) is 53.5 Å². The molecule has 1 aromatic carbocycles. The number of nitrogens with zero attached hydrogens (tertiary/aromatic N) is 7. The third-order valence-electron chi connectivity index (χ3n) is 10.9. The minimum atomic E-state index is -0.546. The number of imidazole rings is 1. The summed E-state index contributed by atoms with van der Waals surface area (Å²) in [6.45, 7) is 4.67. The number of aldehydes is 1. The van der Waals surface area contributed by atoms with E-state index in [4.69, 9.17) is 0 Å². The summed E-state index contributed by atoms with van der Waals surface area (Å²) in [5, 5.41) is 18.2. The largest absolute Gasteiger partial charge is 0.385 e. The summed E-state index contributed by atoms with van der Waals surface area (Å²) in [5.41, 5.74) is 5.21. The second-order valence-corrected chi connectivity index (χ2v) is 15.8. The van der Waals surface area contributed by atoms with Crippen LogP contribution in [0.3, 0.4) is 0 Å². The molecule has 0 saturated heterocycles. The summed E-state index contributed by atoms with van der Waals surface area (Å²) in [5.74, 6) is 0.575. The van der Waals surface area contributed by atoms with E-state index in [1.165, 1.54) is 20.2 Å². The first-order valence-corrected chi connectivity index (χ1v) is 22.1. The van der Waals surface area contributed by atoms with Gasteiger partial charge in [0.25, 0.3) is 5.56 Å². The van der Waals surface area contributed by atoms with Crippen LogP contribution in [0.2, 0.25) is 0 Å². The average Bonchev–Trinajstić information content (AvgIpc) is 3.90. The van der Waals surface area contributed by atoms with Gasteiger partial charge in [0.1, 0.15) is 29.4 Å². The van der Waals surface area contributed by atoms with Crippen molar-refractivity contribution in [2.24, 2.45) is 0 Å². The van der Waals surface area contributed by atoms with Crippen molar-refractivity contribution in [3.05, 3.63) is 94.3 Å². The van der Waals surface area contributed by atoms with Crippen molar-refractivity contribution in [3.8, 4) is 5.82 Å². The van der Waals surface area contributed by atoms with Crippen molar-refractivity contribution in [1.82, 2.24) is 40.1 Å². The molecule has 5 aromatic rings. The number of alkyl halides is 1. The first-order valence-electron chi connectivity index (χ1n) is 22.1. The number of rotatable bonds is 24. The molecule has 1 aliphatic carbocycles. The number of carbonyl (C=O) groups is 5. The Balaban J connectivity index is 0.000000256. The number of halogens is 1. The number of amides is 4. The Hall–Kier alpha value is -7.02. The van der Waals surface area contributed by atoms with Crippen LogP contribution in [0.15, 0.2) is 71.9 Å². The van der Waals surface area contributed by atoms with Crippen LogP contribution in [0.5, 0.6) is 0 Å². The Kier molecular flexibility index (Phi) is 20.9. The quantitative estimate of drug-likeness (QED) is 0.0394. The zero-order valence-corrected chi connectivity index (χ0v) is 38.6. The maximum atomic E-state index is 12.9. The first kappa shape index (κ1) is 51.6. The van der Waals surface area contributed by atoms with Crippen LogP contribution in [0, 0.1) is 6.92 Å². The van der Waals surface area contributed by atoms with Crippen molar-refractivity contribution >= 4 is 65.6 Å². The molecule has 1 fully saturated rings. The van der Waals surface area contributed by atoms with E-state index in [1.54, 1.807) is 51.7 Å². The van der Waals surface area contributed by atoms with Gasteiger partial charge >= 0.3 is 0 Å². The lowest BCUT2D eigenvalue weighted by Gasteiger charge is -2.31. The molecule has 4 amide bonds. The number of nitrogens with one attached hydrogen (secondary N) is 5. The van der Waals surface area contributed by atoms with E-state index in [9.17, 15) is 33.2 Å². The Labute approximate surface area is 384 Å². The van der Waals surface area contributed by atoms with Crippen LogP contribution in [0.25, 0.3) is 11.5 Å².